The number of carbonyl (C=O) groups is 4. The van der Waals surface area contributed by atoms with Crippen LogP contribution in [0.1, 0.15) is 42.6 Å². The molecule has 0 radical (unpaired) electrons. The molecule has 5 rings (SSSR count). The van der Waals surface area contributed by atoms with E-state index in [0.717, 1.165) is 11.8 Å². The molecule has 2 saturated heterocycles. The third-order valence-corrected chi connectivity index (χ3v) is 7.91. The lowest BCUT2D eigenvalue weighted by Crippen LogP contribution is -2.69. The first-order valence-corrected chi connectivity index (χ1v) is 12.6. The van der Waals surface area contributed by atoms with E-state index in [1.807, 2.05) is 6.07 Å². The minimum absolute atomic E-state index is 0.00929. The van der Waals surface area contributed by atoms with Gasteiger partial charge >= 0.3 is 0 Å². The molecule has 1 aliphatic carbocycles. The quantitative estimate of drug-likeness (QED) is 0.518. The summed E-state index contributed by atoms with van der Waals surface area (Å²) in [6, 6.07) is 4.86. The molecule has 1 aromatic heterocycles. The molecule has 1 spiro atoms. The number of nitrogens with zero attached hydrogens (tertiary/aromatic N) is 1. The average molecular weight is 519 g/mol. The second-order valence-corrected chi connectivity index (χ2v) is 10.1. The van der Waals surface area contributed by atoms with Crippen molar-refractivity contribution in [3.8, 4) is 0 Å². The molecule has 3 atom stereocenters. The Labute approximate surface area is 212 Å². The Morgan fingerprint density at radius 1 is 1.31 bits per heavy atom. The number of morpholine rings is 1. The summed E-state index contributed by atoms with van der Waals surface area (Å²) in [7, 11) is 0. The molecule has 11 heteroatoms. The van der Waals surface area contributed by atoms with Gasteiger partial charge in [0, 0.05) is 24.4 Å². The summed E-state index contributed by atoms with van der Waals surface area (Å²) in [4.78, 5) is 56.3. The summed E-state index contributed by atoms with van der Waals surface area (Å²) in [6.07, 6.45) is 2.52. The fraction of sp³-hybridized carbons (Fsp3) is 0.520. The highest BCUT2D eigenvalue weighted by Crippen LogP contribution is 2.43. The van der Waals surface area contributed by atoms with E-state index in [2.05, 4.69) is 15.6 Å². The third kappa shape index (κ3) is 4.37. The van der Waals surface area contributed by atoms with E-state index >= 15 is 0 Å². The Bertz CT molecular complexity index is 1210. The van der Waals surface area contributed by atoms with Crippen LogP contribution in [0.15, 0.2) is 24.3 Å². The molecule has 0 unspecified atom stereocenters. The van der Waals surface area contributed by atoms with Crippen molar-refractivity contribution in [2.24, 2.45) is 5.92 Å². The van der Waals surface area contributed by atoms with E-state index in [4.69, 9.17) is 16.3 Å². The molecule has 0 bridgehead atoms. The van der Waals surface area contributed by atoms with Gasteiger partial charge in [0.2, 0.25) is 11.8 Å². The number of rotatable bonds is 7. The van der Waals surface area contributed by atoms with Crippen molar-refractivity contribution in [3.05, 3.63) is 35.0 Å². The minimum atomic E-state index is -1.26. The Morgan fingerprint density at radius 2 is 2.11 bits per heavy atom. The molecule has 3 N–H and O–H groups in total. The number of para-hydroxylation sites is 1. The Hall–Kier alpha value is -2.98. The van der Waals surface area contributed by atoms with Gasteiger partial charge in [0.25, 0.3) is 5.91 Å². The highest BCUT2D eigenvalue weighted by molar-refractivity contribution is 6.35. The monoisotopic (exact) mass is 518 g/mol. The molecule has 3 amide bonds. The molecule has 9 nitrogen and oxygen atoms in total. The number of aromatic nitrogens is 1. The van der Waals surface area contributed by atoms with Gasteiger partial charge in [-0.05, 0) is 44.2 Å². The zero-order valence-corrected chi connectivity index (χ0v) is 20.4. The van der Waals surface area contributed by atoms with Gasteiger partial charge in [-0.15, -0.1) is 0 Å². The van der Waals surface area contributed by atoms with Crippen LogP contribution in [0.5, 0.6) is 0 Å². The number of ketones is 1. The number of hydrogen-bond donors (Lipinski definition) is 3. The number of benzene rings is 1. The first kappa shape index (κ1) is 24.7. The standard InChI is InChI=1S/C25H28ClFN4O5/c26-16-4-1-3-14-11-18(29-20(14)16)24(35)31-9-10-36-25(6-2-7-25)21(31)23(34)30-17(19(32)13-27)12-15-5-8-28-22(15)33/h1,3-4,11,15,17,21,29H,2,5-10,12-13H2,(H,28,33)(H,30,34)/t15-,17-,21-/m1/s1. The predicted molar refractivity (Wildman–Crippen MR) is 129 cm³/mol. The number of fused-ring (bicyclic) bond motifs is 1. The zero-order valence-electron chi connectivity index (χ0n) is 19.6. The molecule has 2 aliphatic heterocycles. The van der Waals surface area contributed by atoms with Gasteiger partial charge in [0.15, 0.2) is 5.78 Å². The van der Waals surface area contributed by atoms with Crippen molar-refractivity contribution >= 4 is 46.0 Å². The van der Waals surface area contributed by atoms with Gasteiger partial charge in [0.1, 0.15) is 18.4 Å². The van der Waals surface area contributed by atoms with Gasteiger partial charge in [-0.3, -0.25) is 19.2 Å². The van der Waals surface area contributed by atoms with E-state index in [0.29, 0.717) is 36.3 Å². The van der Waals surface area contributed by atoms with Crippen LogP contribution in [0.4, 0.5) is 4.39 Å². The summed E-state index contributed by atoms with van der Waals surface area (Å²) in [6.45, 7) is -0.339. The largest absolute Gasteiger partial charge is 0.370 e. The Kier molecular flexibility index (Phi) is 6.74. The number of hydrogen-bond acceptors (Lipinski definition) is 5. The van der Waals surface area contributed by atoms with Crippen molar-refractivity contribution in [2.45, 2.75) is 49.8 Å². The maximum absolute atomic E-state index is 13.7. The average Bonchev–Trinajstić information content (AvgIpc) is 3.48. The van der Waals surface area contributed by atoms with E-state index < -0.39 is 42.0 Å². The lowest BCUT2D eigenvalue weighted by Gasteiger charge is -2.53. The maximum Gasteiger partial charge on any atom is 0.271 e. The van der Waals surface area contributed by atoms with Crippen LogP contribution in [-0.2, 0) is 19.1 Å². The maximum atomic E-state index is 13.7. The number of nitrogens with one attached hydrogen (secondary N) is 3. The van der Waals surface area contributed by atoms with E-state index in [9.17, 15) is 23.6 Å². The van der Waals surface area contributed by atoms with Gasteiger partial charge in [-0.25, -0.2) is 4.39 Å². The van der Waals surface area contributed by atoms with E-state index in [1.54, 1.807) is 18.2 Å². The lowest BCUT2D eigenvalue weighted by atomic mass is 9.72. The molecule has 1 saturated carbocycles. The lowest BCUT2D eigenvalue weighted by molar-refractivity contribution is -0.184. The fourth-order valence-electron chi connectivity index (χ4n) is 5.54. The summed E-state index contributed by atoms with van der Waals surface area (Å²) in [5.41, 5.74) is 0.0419. The molecule has 3 heterocycles. The van der Waals surface area contributed by atoms with Crippen LogP contribution in [0.2, 0.25) is 5.02 Å². The number of Topliss-reactive ketones (excluding diaryl/α,β-unsaturated/α-hetero) is 1. The number of ether oxygens (including phenoxy) is 1. The van der Waals surface area contributed by atoms with E-state index in [1.165, 1.54) is 4.90 Å². The van der Waals surface area contributed by atoms with Crippen LogP contribution < -0.4 is 10.6 Å². The zero-order chi connectivity index (χ0) is 25.4. The summed E-state index contributed by atoms with van der Waals surface area (Å²) in [5.74, 6) is -2.47. The minimum Gasteiger partial charge on any atom is -0.370 e. The van der Waals surface area contributed by atoms with Crippen LogP contribution in [0, 0.1) is 5.92 Å². The van der Waals surface area contributed by atoms with Gasteiger partial charge in [-0.2, -0.15) is 0 Å². The molecule has 3 fully saturated rings. The van der Waals surface area contributed by atoms with Crippen LogP contribution in [0.25, 0.3) is 10.9 Å². The molecular weight excluding hydrogens is 491 g/mol. The van der Waals surface area contributed by atoms with Crippen molar-refractivity contribution in [3.63, 3.8) is 0 Å². The second-order valence-electron chi connectivity index (χ2n) is 9.73. The van der Waals surface area contributed by atoms with Gasteiger partial charge in [0.05, 0.1) is 28.8 Å². The number of aromatic amines is 1. The number of amides is 3. The molecular formula is C25H28ClFN4O5. The topological polar surface area (TPSA) is 121 Å². The predicted octanol–water partition coefficient (Wildman–Crippen LogP) is 2.13. The van der Waals surface area contributed by atoms with Gasteiger partial charge in [-0.1, -0.05) is 23.7 Å². The molecule has 36 heavy (non-hydrogen) atoms. The number of carbonyl (C=O) groups excluding carboxylic acids is 4. The molecule has 192 valence electrons. The Morgan fingerprint density at radius 3 is 2.75 bits per heavy atom. The third-order valence-electron chi connectivity index (χ3n) is 7.60. The fourth-order valence-corrected chi connectivity index (χ4v) is 5.77. The molecule has 3 aliphatic rings. The second kappa shape index (κ2) is 9.82. The summed E-state index contributed by atoms with van der Waals surface area (Å²) >= 11 is 6.27. The SMILES string of the molecule is O=C1NCC[C@@H]1C[C@@H](NC(=O)[C@H]1N(C(=O)c2cc3cccc(Cl)c3[nH]2)CCOC12CCC2)C(=O)CF. The highest BCUT2D eigenvalue weighted by Gasteiger charge is 2.55. The van der Waals surface area contributed by atoms with E-state index in [-0.39, 0.29) is 37.1 Å². The highest BCUT2D eigenvalue weighted by atomic mass is 35.5. The van der Waals surface area contributed by atoms with Crippen LogP contribution in [-0.4, -0.2) is 77.4 Å². The number of halogens is 2. The molecule has 2 aromatic rings. The first-order chi connectivity index (χ1) is 17.3. The van der Waals surface area contributed by atoms with Crippen molar-refractivity contribution in [1.82, 2.24) is 20.5 Å². The van der Waals surface area contributed by atoms with Crippen molar-refractivity contribution < 1.29 is 28.3 Å². The number of alkyl halides is 1. The first-order valence-electron chi connectivity index (χ1n) is 12.2. The number of H-pyrrole nitrogens is 1. The summed E-state index contributed by atoms with van der Waals surface area (Å²) < 4.78 is 19.4. The van der Waals surface area contributed by atoms with Crippen LogP contribution >= 0.6 is 11.6 Å². The molecule has 1 aromatic carbocycles. The van der Waals surface area contributed by atoms with Crippen molar-refractivity contribution in [1.29, 1.82) is 0 Å². The van der Waals surface area contributed by atoms with Crippen molar-refractivity contribution in [2.75, 3.05) is 26.4 Å². The van der Waals surface area contributed by atoms with Crippen LogP contribution in [0.3, 0.4) is 0 Å². The normalized spacial score (nSPS) is 23.8. The van der Waals surface area contributed by atoms with Gasteiger partial charge < -0.3 is 25.3 Å². The Balaban J connectivity index is 1.42. The smallest absolute Gasteiger partial charge is 0.271 e. The summed E-state index contributed by atoms with van der Waals surface area (Å²) in [5, 5.41) is 6.60.